The van der Waals surface area contributed by atoms with Gasteiger partial charge in [-0.3, -0.25) is 0 Å². The highest BCUT2D eigenvalue weighted by Gasteiger charge is 2.23. The molecular weight excluding hydrogens is 679 g/mol. The minimum absolute atomic E-state index is 0.397. The van der Waals surface area contributed by atoms with Crippen molar-refractivity contribution in [2.45, 2.75) is 32.1 Å². The van der Waals surface area contributed by atoms with Crippen molar-refractivity contribution in [2.24, 2.45) is 5.92 Å². The van der Waals surface area contributed by atoms with E-state index in [0.717, 1.165) is 82.8 Å². The number of benzene rings is 4. The predicted molar refractivity (Wildman–Crippen MR) is 239 cm³/mol. The van der Waals surface area contributed by atoms with Crippen molar-refractivity contribution in [3.63, 3.8) is 0 Å². The Morgan fingerprint density at radius 3 is 2.18 bits per heavy atom. The van der Waals surface area contributed by atoms with Gasteiger partial charge in [0.2, 0.25) is 0 Å². The molecule has 8 rings (SSSR count). The highest BCUT2D eigenvalue weighted by molar-refractivity contribution is 5.91. The van der Waals surface area contributed by atoms with E-state index in [1.54, 1.807) is 6.08 Å². The first-order chi connectivity index (χ1) is 27.7. The molecule has 2 nitrogen and oxygen atoms in total. The Bertz CT molecular complexity index is 2460. The highest BCUT2D eigenvalue weighted by Crippen LogP contribution is 2.42. The molecule has 3 aliphatic rings. The normalized spacial score (nSPS) is 16.7. The number of aryl methyl sites for hydroxylation is 1. The number of hydrogen-bond acceptors (Lipinski definition) is 2. The number of anilines is 2. The lowest BCUT2D eigenvalue weighted by Gasteiger charge is -2.31. The molecule has 1 aromatic heterocycles. The maximum absolute atomic E-state index is 6.54. The standard InChI is InChI=1S/C54H47NO/c1-3-5-6-9-17-40-24-26-42(27-25-40)44-30-34-48(35-31-44)55(47-32-28-43(29-33-47)41-18-10-7-11-19-41)49-36-37-50(52(39-49)45-20-12-8-13-21-45)51(16-4-2)54-38-46-22-14-15-23-53(46)56-54/h3-14,16-22,24,26-28,30-32,34-40H,1-2,15,23,25,29,33H2/b6-5-,17-9+,51-16-. The third-order valence-corrected chi connectivity index (χ3v) is 10.7. The van der Waals surface area contributed by atoms with Gasteiger partial charge in [0.15, 0.2) is 0 Å². The van der Waals surface area contributed by atoms with Crippen LogP contribution in [0.3, 0.4) is 0 Å². The van der Waals surface area contributed by atoms with Crippen LogP contribution in [0.5, 0.6) is 0 Å². The SMILES string of the molecule is C=C/C=C\C=C\C1C=CC(c2ccc(N(C3=CC=C(c4ccccc4)CC3)c3ccc(/C(=C/C=C)c4cc5c(o4)CCC=C5)c(-c4ccccc4)c3)cc2)=CC1. The minimum atomic E-state index is 0.397. The lowest BCUT2D eigenvalue weighted by atomic mass is 9.91. The second-order valence-electron chi connectivity index (χ2n) is 14.4. The molecule has 0 spiro atoms. The molecule has 3 aliphatic carbocycles. The van der Waals surface area contributed by atoms with E-state index in [9.17, 15) is 0 Å². The van der Waals surface area contributed by atoms with Gasteiger partial charge in [-0.15, -0.1) is 0 Å². The van der Waals surface area contributed by atoms with Crippen LogP contribution >= 0.6 is 0 Å². The molecule has 4 aromatic carbocycles. The minimum Gasteiger partial charge on any atom is -0.460 e. The van der Waals surface area contributed by atoms with Crippen molar-refractivity contribution < 1.29 is 4.42 Å². The molecule has 0 saturated heterocycles. The van der Waals surface area contributed by atoms with E-state index in [0.29, 0.717) is 5.92 Å². The second-order valence-corrected chi connectivity index (χ2v) is 14.4. The van der Waals surface area contributed by atoms with Crippen molar-refractivity contribution in [2.75, 3.05) is 4.90 Å². The Balaban J connectivity index is 1.19. The summed E-state index contributed by atoms with van der Waals surface area (Å²) in [5.41, 5.74) is 14.2. The fourth-order valence-corrected chi connectivity index (χ4v) is 7.85. The average Bonchev–Trinajstić information content (AvgIpc) is 3.70. The molecule has 0 fully saturated rings. The van der Waals surface area contributed by atoms with E-state index >= 15 is 0 Å². The summed E-state index contributed by atoms with van der Waals surface area (Å²) in [4.78, 5) is 2.44. The largest absolute Gasteiger partial charge is 0.460 e. The van der Waals surface area contributed by atoms with Crippen molar-refractivity contribution in [1.29, 1.82) is 0 Å². The van der Waals surface area contributed by atoms with E-state index in [1.165, 1.54) is 28.0 Å². The zero-order valence-electron chi connectivity index (χ0n) is 31.9. The summed E-state index contributed by atoms with van der Waals surface area (Å²) in [6.07, 6.45) is 34.8. The van der Waals surface area contributed by atoms with Crippen LogP contribution in [0.1, 0.15) is 59.5 Å². The molecule has 1 heterocycles. The van der Waals surface area contributed by atoms with Gasteiger partial charge in [0, 0.05) is 34.6 Å². The van der Waals surface area contributed by atoms with Gasteiger partial charge in [-0.2, -0.15) is 0 Å². The number of nitrogens with zero attached hydrogens (tertiary/aromatic N) is 1. The van der Waals surface area contributed by atoms with Gasteiger partial charge < -0.3 is 9.32 Å². The van der Waals surface area contributed by atoms with Crippen molar-refractivity contribution in [3.05, 3.63) is 241 Å². The molecule has 0 saturated carbocycles. The van der Waals surface area contributed by atoms with E-state index in [-0.39, 0.29) is 0 Å². The summed E-state index contributed by atoms with van der Waals surface area (Å²) in [6, 6.07) is 39.5. The molecule has 0 N–H and O–H groups in total. The summed E-state index contributed by atoms with van der Waals surface area (Å²) in [5, 5.41) is 0. The van der Waals surface area contributed by atoms with Gasteiger partial charge in [0.1, 0.15) is 11.5 Å². The van der Waals surface area contributed by atoms with Gasteiger partial charge in [-0.05, 0) is 107 Å². The highest BCUT2D eigenvalue weighted by atomic mass is 16.3. The molecule has 0 radical (unpaired) electrons. The van der Waals surface area contributed by atoms with Crippen LogP contribution in [-0.2, 0) is 6.42 Å². The summed E-state index contributed by atoms with van der Waals surface area (Å²) in [6.45, 7) is 7.86. The van der Waals surface area contributed by atoms with E-state index in [1.807, 2.05) is 18.2 Å². The van der Waals surface area contributed by atoms with Crippen molar-refractivity contribution >= 4 is 34.2 Å². The second kappa shape index (κ2) is 17.2. The molecule has 2 heteroatoms. The monoisotopic (exact) mass is 725 g/mol. The summed E-state index contributed by atoms with van der Waals surface area (Å²) in [5.74, 6) is 2.31. The lowest BCUT2D eigenvalue weighted by molar-refractivity contribution is 0.497. The van der Waals surface area contributed by atoms with E-state index in [2.05, 4.69) is 188 Å². The average molecular weight is 726 g/mol. The molecule has 0 aliphatic heterocycles. The van der Waals surface area contributed by atoms with Crippen LogP contribution in [0.2, 0.25) is 0 Å². The first kappa shape index (κ1) is 36.3. The topological polar surface area (TPSA) is 16.4 Å². The Labute approximate surface area is 332 Å². The van der Waals surface area contributed by atoms with Gasteiger partial charge in [0.25, 0.3) is 0 Å². The maximum Gasteiger partial charge on any atom is 0.135 e. The Morgan fingerprint density at radius 1 is 0.696 bits per heavy atom. The zero-order valence-corrected chi connectivity index (χ0v) is 31.9. The van der Waals surface area contributed by atoms with Crippen LogP contribution in [0.4, 0.5) is 11.4 Å². The lowest BCUT2D eigenvalue weighted by Crippen LogP contribution is -2.18. The molecule has 0 amide bonds. The van der Waals surface area contributed by atoms with Crippen LogP contribution in [0, 0.1) is 5.92 Å². The summed E-state index contributed by atoms with van der Waals surface area (Å²) < 4.78 is 6.54. The Morgan fingerprint density at radius 2 is 1.48 bits per heavy atom. The van der Waals surface area contributed by atoms with Crippen LogP contribution in [0.15, 0.2) is 211 Å². The zero-order chi connectivity index (χ0) is 38.1. The first-order valence-electron chi connectivity index (χ1n) is 19.7. The Kier molecular flexibility index (Phi) is 11.2. The first-order valence-corrected chi connectivity index (χ1v) is 19.7. The number of fused-ring (bicyclic) bond motifs is 1. The van der Waals surface area contributed by atoms with Crippen molar-refractivity contribution in [3.8, 4) is 11.1 Å². The maximum atomic E-state index is 6.54. The van der Waals surface area contributed by atoms with Gasteiger partial charge in [-0.1, -0.05) is 171 Å². The van der Waals surface area contributed by atoms with Gasteiger partial charge >= 0.3 is 0 Å². The number of furan rings is 1. The van der Waals surface area contributed by atoms with Gasteiger partial charge in [-0.25, -0.2) is 0 Å². The number of allylic oxidation sites excluding steroid dienone is 16. The molecule has 274 valence electrons. The molecule has 5 aromatic rings. The van der Waals surface area contributed by atoms with E-state index < -0.39 is 0 Å². The molecule has 1 unspecified atom stereocenters. The number of rotatable bonds is 12. The van der Waals surface area contributed by atoms with Crippen molar-refractivity contribution in [1.82, 2.24) is 0 Å². The van der Waals surface area contributed by atoms with Crippen LogP contribution < -0.4 is 4.90 Å². The number of hydrogen-bond donors (Lipinski definition) is 0. The molecule has 0 bridgehead atoms. The fourth-order valence-electron chi connectivity index (χ4n) is 7.85. The quantitative estimate of drug-likeness (QED) is 0.119. The molecule has 56 heavy (non-hydrogen) atoms. The summed E-state index contributed by atoms with van der Waals surface area (Å²) >= 11 is 0. The van der Waals surface area contributed by atoms with E-state index in [4.69, 9.17) is 4.42 Å². The molecule has 1 atom stereocenters. The predicted octanol–water partition coefficient (Wildman–Crippen LogP) is 14.7. The van der Waals surface area contributed by atoms with Crippen LogP contribution in [0.25, 0.3) is 33.9 Å². The third-order valence-electron chi connectivity index (χ3n) is 10.7. The fraction of sp³-hybridized carbons (Fsp3) is 0.111. The van der Waals surface area contributed by atoms with Gasteiger partial charge in [0.05, 0.1) is 0 Å². The summed E-state index contributed by atoms with van der Waals surface area (Å²) in [7, 11) is 0. The smallest absolute Gasteiger partial charge is 0.135 e. The van der Waals surface area contributed by atoms with Crippen LogP contribution in [-0.4, -0.2) is 0 Å². The molecular formula is C54H47NO. The third kappa shape index (κ3) is 8.06. The Hall–Kier alpha value is -6.64.